The zero-order chi connectivity index (χ0) is 19.9. The Balaban J connectivity index is 1.60. The smallest absolute Gasteiger partial charge is 0.311 e. The van der Waals surface area contributed by atoms with Gasteiger partial charge in [-0.1, -0.05) is 60.7 Å². The highest BCUT2D eigenvalue weighted by molar-refractivity contribution is 5.78. The fourth-order valence-corrected chi connectivity index (χ4v) is 3.18. The van der Waals surface area contributed by atoms with Crippen LogP contribution in [0.5, 0.6) is 0 Å². The van der Waals surface area contributed by atoms with Crippen LogP contribution >= 0.6 is 0 Å². The Bertz CT molecular complexity index is 1090. The van der Waals surface area contributed by atoms with Crippen LogP contribution in [0.3, 0.4) is 0 Å². The lowest BCUT2D eigenvalue weighted by atomic mass is 10.1. The van der Waals surface area contributed by atoms with Crippen LogP contribution < -0.4 is 4.90 Å². The van der Waals surface area contributed by atoms with Crippen molar-refractivity contribution < 1.29 is 0 Å². The molecule has 0 radical (unpaired) electrons. The van der Waals surface area contributed by atoms with Gasteiger partial charge in [-0.05, 0) is 59.7 Å². The molecular weight excluding hydrogens is 354 g/mol. The molecule has 0 amide bonds. The summed E-state index contributed by atoms with van der Waals surface area (Å²) in [5.41, 5.74) is 6.07. The maximum absolute atomic E-state index is 8.77. The molecule has 0 aliphatic carbocycles. The molecular formula is C26H20N3+. The van der Waals surface area contributed by atoms with Gasteiger partial charge in [-0.25, -0.2) is 0 Å². The van der Waals surface area contributed by atoms with Crippen molar-refractivity contribution in [3.63, 3.8) is 0 Å². The van der Waals surface area contributed by atoms with Crippen molar-refractivity contribution in [1.82, 2.24) is 0 Å². The summed E-state index contributed by atoms with van der Waals surface area (Å²) in [6, 6.07) is 36.6. The molecule has 4 aromatic rings. The Morgan fingerprint density at radius 3 is 1.38 bits per heavy atom. The standard InChI is InChI=1S/C26H20N3/c27-28-23-17-13-21(14-18-23)11-12-22-15-19-26(20-16-22)29(24-7-3-1-4-8-24)25-9-5-2-6-10-25/h1-20H/q+1/b12-11+. The molecule has 3 nitrogen and oxygen atoms in total. The lowest BCUT2D eigenvalue weighted by Crippen LogP contribution is -2.09. The van der Waals surface area contributed by atoms with Gasteiger partial charge in [-0.2, -0.15) is 0 Å². The van der Waals surface area contributed by atoms with Crippen LogP contribution in [0.25, 0.3) is 17.1 Å². The van der Waals surface area contributed by atoms with Gasteiger partial charge in [-0.3, -0.25) is 0 Å². The Morgan fingerprint density at radius 1 is 0.517 bits per heavy atom. The molecule has 0 unspecified atom stereocenters. The van der Waals surface area contributed by atoms with Gasteiger partial charge in [0.25, 0.3) is 0 Å². The average molecular weight is 374 g/mol. The first kappa shape index (κ1) is 18.2. The number of rotatable bonds is 5. The third-order valence-electron chi connectivity index (χ3n) is 4.66. The van der Waals surface area contributed by atoms with Gasteiger partial charge in [0.2, 0.25) is 5.39 Å². The van der Waals surface area contributed by atoms with E-state index in [1.54, 1.807) is 12.1 Å². The fraction of sp³-hybridized carbons (Fsp3) is 0. The van der Waals surface area contributed by atoms with Crippen LogP contribution in [0.1, 0.15) is 11.1 Å². The Labute approximate surface area is 170 Å². The minimum Gasteiger partial charge on any atom is -0.311 e. The summed E-state index contributed by atoms with van der Waals surface area (Å²) >= 11 is 0. The van der Waals surface area contributed by atoms with Gasteiger partial charge in [0.1, 0.15) is 0 Å². The number of benzene rings is 4. The zero-order valence-corrected chi connectivity index (χ0v) is 15.9. The van der Waals surface area contributed by atoms with E-state index in [0.717, 1.165) is 28.2 Å². The molecule has 0 heterocycles. The Morgan fingerprint density at radius 2 is 0.931 bits per heavy atom. The van der Waals surface area contributed by atoms with E-state index >= 15 is 0 Å². The summed E-state index contributed by atoms with van der Waals surface area (Å²) in [6.07, 6.45) is 4.12. The SMILES string of the molecule is N#[N+]c1ccc(/C=C/c2ccc(N(c3ccccc3)c3ccccc3)cc2)cc1. The van der Waals surface area contributed by atoms with Crippen molar-refractivity contribution in [2.75, 3.05) is 4.90 Å². The van der Waals surface area contributed by atoms with Gasteiger partial charge in [0.05, 0.1) is 0 Å². The van der Waals surface area contributed by atoms with Gasteiger partial charge in [0.15, 0.2) is 4.98 Å². The van der Waals surface area contributed by atoms with Crippen LogP contribution in [0.4, 0.5) is 22.7 Å². The Kier molecular flexibility index (Phi) is 5.46. The lowest BCUT2D eigenvalue weighted by molar-refractivity contribution is 1.28. The largest absolute Gasteiger partial charge is 0.385 e. The molecule has 0 aliphatic heterocycles. The molecule has 0 aromatic heterocycles. The molecule has 0 saturated heterocycles. The maximum Gasteiger partial charge on any atom is 0.385 e. The number of para-hydroxylation sites is 2. The molecule has 138 valence electrons. The van der Waals surface area contributed by atoms with Crippen molar-refractivity contribution >= 4 is 34.9 Å². The number of nitrogens with zero attached hydrogens (tertiary/aromatic N) is 3. The first-order chi connectivity index (χ1) is 14.3. The number of anilines is 3. The molecule has 0 spiro atoms. The third-order valence-corrected chi connectivity index (χ3v) is 4.66. The van der Waals surface area contributed by atoms with E-state index in [2.05, 4.69) is 88.7 Å². The summed E-state index contributed by atoms with van der Waals surface area (Å²) in [7, 11) is 0. The number of hydrogen-bond donors (Lipinski definition) is 0. The third kappa shape index (κ3) is 4.40. The predicted molar refractivity (Wildman–Crippen MR) is 121 cm³/mol. The van der Waals surface area contributed by atoms with Crippen molar-refractivity contribution in [3.05, 3.63) is 125 Å². The molecule has 3 heteroatoms. The van der Waals surface area contributed by atoms with Gasteiger partial charge >= 0.3 is 5.69 Å². The van der Waals surface area contributed by atoms with Gasteiger partial charge in [0, 0.05) is 29.2 Å². The molecule has 0 aliphatic rings. The van der Waals surface area contributed by atoms with Crippen LogP contribution in [-0.2, 0) is 0 Å². The summed E-state index contributed by atoms with van der Waals surface area (Å²) in [5.74, 6) is 0. The summed E-state index contributed by atoms with van der Waals surface area (Å²) < 4.78 is 0. The monoisotopic (exact) mass is 374 g/mol. The minimum atomic E-state index is 0.549. The first-order valence-corrected chi connectivity index (χ1v) is 9.47. The normalized spacial score (nSPS) is 10.6. The van der Waals surface area contributed by atoms with Crippen LogP contribution in [-0.4, -0.2) is 0 Å². The summed E-state index contributed by atoms with van der Waals surface area (Å²) in [5, 5.41) is 8.77. The van der Waals surface area contributed by atoms with E-state index < -0.39 is 0 Å². The van der Waals surface area contributed by atoms with Gasteiger partial charge in [-0.15, -0.1) is 0 Å². The minimum absolute atomic E-state index is 0.549. The van der Waals surface area contributed by atoms with E-state index in [-0.39, 0.29) is 0 Å². The lowest BCUT2D eigenvalue weighted by Gasteiger charge is -2.25. The highest BCUT2D eigenvalue weighted by Gasteiger charge is 2.11. The average Bonchev–Trinajstić information content (AvgIpc) is 2.80. The summed E-state index contributed by atoms with van der Waals surface area (Å²) in [6.45, 7) is 0. The molecule has 0 bridgehead atoms. The van der Waals surface area contributed by atoms with Crippen molar-refractivity contribution in [2.45, 2.75) is 0 Å². The second kappa shape index (κ2) is 8.69. The molecule has 0 atom stereocenters. The molecule has 4 aromatic carbocycles. The molecule has 29 heavy (non-hydrogen) atoms. The topological polar surface area (TPSA) is 31.4 Å². The number of diazo groups is 1. The maximum atomic E-state index is 8.77. The summed E-state index contributed by atoms with van der Waals surface area (Å²) in [4.78, 5) is 5.42. The van der Waals surface area contributed by atoms with Crippen LogP contribution in [0, 0.1) is 5.39 Å². The second-order valence-electron chi connectivity index (χ2n) is 6.62. The predicted octanol–water partition coefficient (Wildman–Crippen LogP) is 7.81. The second-order valence-corrected chi connectivity index (χ2v) is 6.62. The first-order valence-electron chi connectivity index (χ1n) is 9.47. The molecule has 4 rings (SSSR count). The highest BCUT2D eigenvalue weighted by Crippen LogP contribution is 2.34. The van der Waals surface area contributed by atoms with Crippen molar-refractivity contribution in [1.29, 1.82) is 5.39 Å². The van der Waals surface area contributed by atoms with E-state index in [9.17, 15) is 0 Å². The molecule has 0 N–H and O–H groups in total. The van der Waals surface area contributed by atoms with Crippen molar-refractivity contribution in [3.8, 4) is 0 Å². The van der Waals surface area contributed by atoms with E-state index in [1.807, 2.05) is 30.3 Å². The van der Waals surface area contributed by atoms with E-state index in [1.165, 1.54) is 0 Å². The quantitative estimate of drug-likeness (QED) is 0.263. The molecule has 0 saturated carbocycles. The highest BCUT2D eigenvalue weighted by atomic mass is 15.1. The number of hydrogen-bond acceptors (Lipinski definition) is 2. The van der Waals surface area contributed by atoms with Crippen LogP contribution in [0.15, 0.2) is 109 Å². The van der Waals surface area contributed by atoms with Crippen molar-refractivity contribution in [2.24, 2.45) is 0 Å². The van der Waals surface area contributed by atoms with Gasteiger partial charge < -0.3 is 4.90 Å². The molecule has 0 fully saturated rings. The van der Waals surface area contributed by atoms with Crippen LogP contribution in [0.2, 0.25) is 0 Å². The van der Waals surface area contributed by atoms with E-state index in [4.69, 9.17) is 5.39 Å². The Hall–Kier alpha value is -4.16. The van der Waals surface area contributed by atoms with E-state index in [0.29, 0.717) is 5.69 Å². The fourth-order valence-electron chi connectivity index (χ4n) is 3.18. The zero-order valence-electron chi connectivity index (χ0n) is 15.9.